The molecule has 3 nitrogen and oxygen atoms in total. The van der Waals surface area contributed by atoms with Gasteiger partial charge in [-0.2, -0.15) is 0 Å². The summed E-state index contributed by atoms with van der Waals surface area (Å²) in [6.45, 7) is 0. The molecule has 0 spiro atoms. The van der Waals surface area contributed by atoms with Crippen LogP contribution >= 0.6 is 0 Å². The van der Waals surface area contributed by atoms with Gasteiger partial charge in [-0.25, -0.2) is 4.21 Å². The van der Waals surface area contributed by atoms with Crippen LogP contribution < -0.4 is 4.74 Å². The summed E-state index contributed by atoms with van der Waals surface area (Å²) in [5.74, 6) is 0.588. The van der Waals surface area contributed by atoms with E-state index in [1.807, 2.05) is 0 Å². The van der Waals surface area contributed by atoms with Crippen LogP contribution in [0.1, 0.15) is 0 Å². The van der Waals surface area contributed by atoms with Crippen molar-refractivity contribution in [2.75, 3.05) is 7.11 Å². The van der Waals surface area contributed by atoms with E-state index in [0.717, 1.165) is 0 Å². The largest absolute Gasteiger partial charge is 0.497 e. The molecule has 4 heteroatoms. The van der Waals surface area contributed by atoms with E-state index < -0.39 is 11.1 Å². The molecule has 0 heterocycles. The van der Waals surface area contributed by atoms with Gasteiger partial charge in [0, 0.05) is 0 Å². The van der Waals surface area contributed by atoms with Crippen LogP contribution in [-0.4, -0.2) is 15.9 Å². The van der Waals surface area contributed by atoms with Crippen LogP contribution in [0.15, 0.2) is 29.2 Å². The van der Waals surface area contributed by atoms with Crippen molar-refractivity contribution in [1.82, 2.24) is 0 Å². The summed E-state index contributed by atoms with van der Waals surface area (Å²) in [7, 11) is 1.51. The SMILES string of the molecule is COc1cccc(S(=O)O)c1. The third kappa shape index (κ3) is 2.03. The van der Waals surface area contributed by atoms with E-state index in [4.69, 9.17) is 9.29 Å². The molecule has 0 bridgehead atoms. The molecule has 1 N–H and O–H groups in total. The van der Waals surface area contributed by atoms with Crippen LogP contribution in [0.2, 0.25) is 0 Å². The summed E-state index contributed by atoms with van der Waals surface area (Å²) in [6.07, 6.45) is 0. The zero-order valence-corrected chi connectivity index (χ0v) is 6.80. The molecule has 60 valence electrons. The summed E-state index contributed by atoms with van der Waals surface area (Å²) in [5.41, 5.74) is 0. The molecule has 0 aliphatic heterocycles. The number of benzene rings is 1. The quantitative estimate of drug-likeness (QED) is 0.683. The monoisotopic (exact) mass is 172 g/mol. The van der Waals surface area contributed by atoms with Crippen LogP contribution in [0.25, 0.3) is 0 Å². The van der Waals surface area contributed by atoms with E-state index in [1.54, 1.807) is 18.2 Å². The van der Waals surface area contributed by atoms with Crippen molar-refractivity contribution in [2.24, 2.45) is 0 Å². The van der Waals surface area contributed by atoms with E-state index in [9.17, 15) is 4.21 Å². The van der Waals surface area contributed by atoms with Gasteiger partial charge in [-0.1, -0.05) is 6.07 Å². The van der Waals surface area contributed by atoms with Crippen molar-refractivity contribution in [2.45, 2.75) is 4.90 Å². The molecule has 1 rings (SSSR count). The molecule has 0 aromatic heterocycles. The van der Waals surface area contributed by atoms with Gasteiger partial charge in [-0.3, -0.25) is 0 Å². The molecule has 0 amide bonds. The zero-order chi connectivity index (χ0) is 8.27. The molecular formula is C7H8O3S. The fourth-order valence-electron chi connectivity index (χ4n) is 0.710. The number of ether oxygens (including phenoxy) is 1. The highest BCUT2D eigenvalue weighted by molar-refractivity contribution is 7.79. The van der Waals surface area contributed by atoms with Crippen molar-refractivity contribution in [3.8, 4) is 5.75 Å². The molecule has 11 heavy (non-hydrogen) atoms. The smallest absolute Gasteiger partial charge is 0.186 e. The highest BCUT2D eigenvalue weighted by Gasteiger charge is 1.99. The van der Waals surface area contributed by atoms with Crippen molar-refractivity contribution < 1.29 is 13.5 Å². The first-order chi connectivity index (χ1) is 5.24. The molecule has 0 radical (unpaired) electrons. The lowest BCUT2D eigenvalue weighted by Crippen LogP contribution is -1.89. The maximum Gasteiger partial charge on any atom is 0.186 e. The highest BCUT2D eigenvalue weighted by atomic mass is 32.2. The average Bonchev–Trinajstić information content (AvgIpc) is 2.05. The Kier molecular flexibility index (Phi) is 2.62. The predicted octanol–water partition coefficient (Wildman–Crippen LogP) is 1.28. The molecule has 1 unspecified atom stereocenters. The van der Waals surface area contributed by atoms with Crippen LogP contribution in [0.3, 0.4) is 0 Å². The number of hydrogen-bond donors (Lipinski definition) is 1. The van der Waals surface area contributed by atoms with Crippen molar-refractivity contribution in [3.05, 3.63) is 24.3 Å². The maximum atomic E-state index is 10.5. The first kappa shape index (κ1) is 8.23. The second-order valence-electron chi connectivity index (χ2n) is 1.93. The van der Waals surface area contributed by atoms with Crippen LogP contribution in [-0.2, 0) is 11.1 Å². The molecule has 1 aromatic carbocycles. The number of methoxy groups -OCH3 is 1. The zero-order valence-electron chi connectivity index (χ0n) is 5.98. The van der Waals surface area contributed by atoms with Gasteiger partial charge in [-0.05, 0) is 18.2 Å². The Morgan fingerprint density at radius 3 is 2.82 bits per heavy atom. The summed E-state index contributed by atoms with van der Waals surface area (Å²) in [4.78, 5) is 0.351. The number of hydrogen-bond acceptors (Lipinski definition) is 2. The standard InChI is InChI=1S/C7H8O3S/c1-10-6-3-2-4-7(5-6)11(8)9/h2-5H,1H3,(H,8,9). The second-order valence-corrected chi connectivity index (χ2v) is 2.90. The molecule has 0 aliphatic rings. The van der Waals surface area contributed by atoms with Gasteiger partial charge in [0.1, 0.15) is 5.75 Å². The van der Waals surface area contributed by atoms with Gasteiger partial charge >= 0.3 is 0 Å². The molecule has 1 atom stereocenters. The Morgan fingerprint density at radius 1 is 1.55 bits per heavy atom. The van der Waals surface area contributed by atoms with Gasteiger partial charge in [0.25, 0.3) is 0 Å². The highest BCUT2D eigenvalue weighted by Crippen LogP contribution is 2.14. The molecule has 0 saturated carbocycles. The lowest BCUT2D eigenvalue weighted by atomic mass is 10.3. The van der Waals surface area contributed by atoms with Gasteiger partial charge < -0.3 is 9.29 Å². The third-order valence-electron chi connectivity index (χ3n) is 1.24. The summed E-state index contributed by atoms with van der Waals surface area (Å²) >= 11 is -1.92. The average molecular weight is 172 g/mol. The fourth-order valence-corrected chi connectivity index (χ4v) is 1.12. The Balaban J connectivity index is 3.01. The molecule has 0 saturated heterocycles. The van der Waals surface area contributed by atoms with E-state index >= 15 is 0 Å². The minimum absolute atomic E-state index is 0.351. The van der Waals surface area contributed by atoms with Crippen LogP contribution in [0, 0.1) is 0 Å². The topological polar surface area (TPSA) is 46.5 Å². The van der Waals surface area contributed by atoms with Crippen LogP contribution in [0.4, 0.5) is 0 Å². The molecular weight excluding hydrogens is 164 g/mol. The Morgan fingerprint density at radius 2 is 2.27 bits per heavy atom. The van der Waals surface area contributed by atoms with E-state index in [-0.39, 0.29) is 0 Å². The predicted molar refractivity (Wildman–Crippen MR) is 42.0 cm³/mol. The summed E-state index contributed by atoms with van der Waals surface area (Å²) < 4.78 is 24.0. The first-order valence-corrected chi connectivity index (χ1v) is 4.09. The fraction of sp³-hybridized carbons (Fsp3) is 0.143. The second kappa shape index (κ2) is 3.50. The Bertz CT molecular complexity index is 272. The van der Waals surface area contributed by atoms with Crippen molar-refractivity contribution in [1.29, 1.82) is 0 Å². The van der Waals surface area contributed by atoms with Gasteiger partial charge in [0.15, 0.2) is 11.1 Å². The maximum absolute atomic E-state index is 10.5. The third-order valence-corrected chi connectivity index (χ3v) is 1.90. The number of rotatable bonds is 2. The Hall–Kier alpha value is -0.870. The summed E-state index contributed by atoms with van der Waals surface area (Å²) in [5, 5.41) is 0. The van der Waals surface area contributed by atoms with E-state index in [0.29, 0.717) is 10.6 Å². The van der Waals surface area contributed by atoms with Gasteiger partial charge in [0.05, 0.1) is 12.0 Å². The normalized spacial score (nSPS) is 12.5. The van der Waals surface area contributed by atoms with Gasteiger partial charge in [-0.15, -0.1) is 0 Å². The summed E-state index contributed by atoms with van der Waals surface area (Å²) in [6, 6.07) is 6.48. The molecule has 0 fully saturated rings. The molecule has 1 aromatic rings. The van der Waals surface area contributed by atoms with Crippen molar-refractivity contribution >= 4 is 11.1 Å². The lowest BCUT2D eigenvalue weighted by molar-refractivity contribution is 0.413. The van der Waals surface area contributed by atoms with Crippen LogP contribution in [0.5, 0.6) is 5.75 Å². The first-order valence-electron chi connectivity index (χ1n) is 2.99. The lowest BCUT2D eigenvalue weighted by Gasteiger charge is -1.99. The van der Waals surface area contributed by atoms with Crippen molar-refractivity contribution in [3.63, 3.8) is 0 Å². The van der Waals surface area contributed by atoms with E-state index in [1.165, 1.54) is 13.2 Å². The van der Waals surface area contributed by atoms with E-state index in [2.05, 4.69) is 0 Å². The Labute approximate surface area is 67.3 Å². The minimum atomic E-state index is -1.92. The van der Waals surface area contributed by atoms with Gasteiger partial charge in [0.2, 0.25) is 0 Å². The minimum Gasteiger partial charge on any atom is -0.497 e. The molecule has 0 aliphatic carbocycles.